The molecule has 0 aromatic heterocycles. The molecule has 0 aliphatic heterocycles. The van der Waals surface area contributed by atoms with Crippen molar-refractivity contribution in [3.8, 4) is 0 Å². The van der Waals surface area contributed by atoms with E-state index in [0.717, 1.165) is 6.92 Å². The predicted octanol–water partition coefficient (Wildman–Crippen LogP) is 2.15. The van der Waals surface area contributed by atoms with Gasteiger partial charge >= 0.3 is 0 Å². The van der Waals surface area contributed by atoms with Crippen molar-refractivity contribution < 1.29 is 21.2 Å². The van der Waals surface area contributed by atoms with Crippen LogP contribution in [0.2, 0.25) is 0 Å². The second-order valence-electron chi connectivity index (χ2n) is 4.98. The first-order valence-corrected chi connectivity index (χ1v) is 10.1. The topological polar surface area (TPSA) is 68.3 Å². The van der Waals surface area contributed by atoms with E-state index in [4.69, 9.17) is 0 Å². The molecule has 0 heterocycles. The normalized spacial score (nSPS) is 14.9. The zero-order valence-electron chi connectivity index (χ0n) is 12.4. The molecule has 7 heteroatoms. The Hall–Kier alpha value is -0.950. The molecule has 1 rings (SSSR count). The molecule has 0 aliphatic rings. The van der Waals surface area contributed by atoms with E-state index in [1.54, 1.807) is 30.3 Å². The Morgan fingerprint density at radius 2 is 1.43 bits per heavy atom. The van der Waals surface area contributed by atoms with Gasteiger partial charge in [-0.05, 0) is 12.5 Å². The summed E-state index contributed by atoms with van der Waals surface area (Å²) in [5.74, 6) is -0.837. The molecule has 0 spiro atoms. The SMILES string of the molecule is CCS(=O)(=O)C(C)(C(F)Cc1ccccc1)S(=O)(=O)CC. The maximum atomic E-state index is 14.7. The van der Waals surface area contributed by atoms with Crippen molar-refractivity contribution in [2.75, 3.05) is 11.5 Å². The average molecular weight is 336 g/mol. The number of hydrogen-bond acceptors (Lipinski definition) is 4. The lowest BCUT2D eigenvalue weighted by Crippen LogP contribution is -2.53. The summed E-state index contributed by atoms with van der Waals surface area (Å²) in [6.45, 7) is 3.64. The Balaban J connectivity index is 3.33. The molecule has 0 bridgehead atoms. The second kappa shape index (κ2) is 6.44. The van der Waals surface area contributed by atoms with E-state index >= 15 is 0 Å². The molecule has 0 radical (unpaired) electrons. The lowest BCUT2D eigenvalue weighted by atomic mass is 10.1. The molecule has 21 heavy (non-hydrogen) atoms. The average Bonchev–Trinajstić information content (AvgIpc) is 2.46. The molecule has 0 fully saturated rings. The summed E-state index contributed by atoms with van der Waals surface area (Å²) in [5.41, 5.74) is 0.564. The standard InChI is InChI=1S/C14H21FO4S2/c1-4-20(16,17)14(3,21(18,19)5-2)13(15)11-12-9-7-6-8-10-12/h6-10,13H,4-5,11H2,1-3H3. The fraction of sp³-hybridized carbons (Fsp3) is 0.571. The molecule has 1 aromatic rings. The maximum Gasteiger partial charge on any atom is 0.201 e. The number of sulfone groups is 2. The van der Waals surface area contributed by atoms with Crippen molar-refractivity contribution in [1.29, 1.82) is 0 Å². The van der Waals surface area contributed by atoms with Gasteiger partial charge in [-0.2, -0.15) is 0 Å². The lowest BCUT2D eigenvalue weighted by Gasteiger charge is -2.31. The van der Waals surface area contributed by atoms with Crippen LogP contribution in [0.15, 0.2) is 30.3 Å². The minimum atomic E-state index is -4.11. The quantitative estimate of drug-likeness (QED) is 0.765. The summed E-state index contributed by atoms with van der Waals surface area (Å²) < 4.78 is 61.3. The largest absolute Gasteiger partial charge is 0.244 e. The van der Waals surface area contributed by atoms with Crippen LogP contribution in [0.25, 0.3) is 0 Å². The summed E-state index contributed by atoms with van der Waals surface area (Å²) in [5, 5.41) is 0. The van der Waals surface area contributed by atoms with E-state index < -0.39 is 41.4 Å². The van der Waals surface area contributed by atoms with E-state index in [1.165, 1.54) is 13.8 Å². The molecule has 0 saturated heterocycles. The Morgan fingerprint density at radius 1 is 1.00 bits per heavy atom. The second-order valence-corrected chi connectivity index (χ2v) is 10.5. The van der Waals surface area contributed by atoms with Gasteiger partial charge in [0.1, 0.15) is 6.17 Å². The van der Waals surface area contributed by atoms with Crippen molar-refractivity contribution in [3.63, 3.8) is 0 Å². The molecule has 0 saturated carbocycles. The summed E-state index contributed by atoms with van der Waals surface area (Å²) >= 11 is 0. The Bertz CT molecular complexity index is 632. The molecule has 0 aliphatic carbocycles. The molecule has 4 nitrogen and oxygen atoms in total. The smallest absolute Gasteiger partial charge is 0.201 e. The van der Waals surface area contributed by atoms with Gasteiger partial charge in [0.25, 0.3) is 0 Å². The van der Waals surface area contributed by atoms with E-state index in [9.17, 15) is 21.2 Å². The number of hydrogen-bond donors (Lipinski definition) is 0. The van der Waals surface area contributed by atoms with Crippen LogP contribution in [0.5, 0.6) is 0 Å². The highest BCUT2D eigenvalue weighted by Gasteiger charge is 2.55. The molecular weight excluding hydrogens is 315 g/mol. The van der Waals surface area contributed by atoms with Crippen LogP contribution in [-0.2, 0) is 26.1 Å². The molecular formula is C14H21FO4S2. The zero-order chi connectivity index (χ0) is 16.3. The van der Waals surface area contributed by atoms with Crippen LogP contribution >= 0.6 is 0 Å². The third-order valence-corrected chi connectivity index (χ3v) is 9.85. The number of halogens is 1. The van der Waals surface area contributed by atoms with E-state index in [2.05, 4.69) is 0 Å². The fourth-order valence-electron chi connectivity index (χ4n) is 2.16. The van der Waals surface area contributed by atoms with Crippen LogP contribution in [0.1, 0.15) is 26.3 Å². The molecule has 0 amide bonds. The highest BCUT2D eigenvalue weighted by Crippen LogP contribution is 2.34. The highest BCUT2D eigenvalue weighted by molar-refractivity contribution is 8.10. The minimum absolute atomic E-state index is 0.254. The minimum Gasteiger partial charge on any atom is -0.244 e. The van der Waals surface area contributed by atoms with Gasteiger partial charge < -0.3 is 0 Å². The van der Waals surface area contributed by atoms with Crippen LogP contribution in [0.3, 0.4) is 0 Å². The Labute approximate surface area is 126 Å². The molecule has 1 atom stereocenters. The van der Waals surface area contributed by atoms with Crippen LogP contribution < -0.4 is 0 Å². The van der Waals surface area contributed by atoms with Crippen molar-refractivity contribution in [3.05, 3.63) is 35.9 Å². The Morgan fingerprint density at radius 3 is 1.81 bits per heavy atom. The third kappa shape index (κ3) is 3.29. The van der Waals surface area contributed by atoms with Crippen LogP contribution in [-0.4, -0.2) is 38.6 Å². The highest BCUT2D eigenvalue weighted by atomic mass is 32.3. The molecule has 1 aromatic carbocycles. The van der Waals surface area contributed by atoms with Crippen molar-refractivity contribution in [2.24, 2.45) is 0 Å². The van der Waals surface area contributed by atoms with Gasteiger partial charge in [0, 0.05) is 17.9 Å². The Kier molecular flexibility index (Phi) is 5.55. The van der Waals surface area contributed by atoms with Crippen molar-refractivity contribution in [2.45, 2.75) is 37.4 Å². The van der Waals surface area contributed by atoms with Gasteiger partial charge in [0.15, 0.2) is 19.7 Å². The van der Waals surface area contributed by atoms with Gasteiger partial charge in [0.2, 0.25) is 4.08 Å². The van der Waals surface area contributed by atoms with Gasteiger partial charge in [0.05, 0.1) is 0 Å². The number of benzene rings is 1. The summed E-state index contributed by atoms with van der Waals surface area (Å²) in [6.07, 6.45) is -2.27. The van der Waals surface area contributed by atoms with E-state index in [1.807, 2.05) is 0 Å². The lowest BCUT2D eigenvalue weighted by molar-refractivity contribution is 0.299. The van der Waals surface area contributed by atoms with Gasteiger partial charge in [-0.25, -0.2) is 21.2 Å². The van der Waals surface area contributed by atoms with Crippen molar-refractivity contribution in [1.82, 2.24) is 0 Å². The maximum absolute atomic E-state index is 14.7. The first kappa shape index (κ1) is 18.1. The monoisotopic (exact) mass is 336 g/mol. The first-order valence-electron chi connectivity index (χ1n) is 6.75. The van der Waals surface area contributed by atoms with Crippen molar-refractivity contribution >= 4 is 19.7 Å². The summed E-state index contributed by atoms with van der Waals surface area (Å²) in [6, 6.07) is 8.43. The molecule has 1 unspecified atom stereocenters. The van der Waals surface area contributed by atoms with Gasteiger partial charge in [-0.3, -0.25) is 0 Å². The predicted molar refractivity (Wildman–Crippen MR) is 82.4 cm³/mol. The summed E-state index contributed by atoms with van der Waals surface area (Å²) in [4.78, 5) is 0. The number of rotatable bonds is 7. The third-order valence-electron chi connectivity index (χ3n) is 3.82. The van der Waals surface area contributed by atoms with Crippen LogP contribution in [0.4, 0.5) is 4.39 Å². The first-order chi connectivity index (χ1) is 9.62. The summed E-state index contributed by atoms with van der Waals surface area (Å²) in [7, 11) is -8.22. The van der Waals surface area contributed by atoms with E-state index in [0.29, 0.717) is 5.56 Å². The van der Waals surface area contributed by atoms with E-state index in [-0.39, 0.29) is 6.42 Å². The molecule has 0 N–H and O–H groups in total. The van der Waals surface area contributed by atoms with Gasteiger partial charge in [-0.15, -0.1) is 0 Å². The zero-order valence-corrected chi connectivity index (χ0v) is 14.0. The molecule has 120 valence electrons. The fourth-order valence-corrected chi connectivity index (χ4v) is 6.51. The van der Waals surface area contributed by atoms with Gasteiger partial charge in [-0.1, -0.05) is 44.2 Å². The number of alkyl halides is 1. The van der Waals surface area contributed by atoms with Crippen LogP contribution in [0, 0.1) is 0 Å².